The Morgan fingerprint density at radius 2 is 1.91 bits per heavy atom. The zero-order valence-electron chi connectivity index (χ0n) is 13.3. The molecule has 1 aromatic carbocycles. The van der Waals surface area contributed by atoms with Crippen molar-refractivity contribution in [3.8, 4) is 0 Å². The van der Waals surface area contributed by atoms with E-state index < -0.39 is 6.09 Å². The van der Waals surface area contributed by atoms with Gasteiger partial charge in [0.15, 0.2) is 0 Å². The fourth-order valence-corrected chi connectivity index (χ4v) is 3.03. The number of amides is 2. The molecule has 23 heavy (non-hydrogen) atoms. The van der Waals surface area contributed by atoms with Crippen LogP contribution in [-0.2, 0) is 19.7 Å². The summed E-state index contributed by atoms with van der Waals surface area (Å²) in [6.07, 6.45) is 1.03. The van der Waals surface area contributed by atoms with E-state index in [1.54, 1.807) is 11.8 Å². The van der Waals surface area contributed by atoms with E-state index in [9.17, 15) is 14.4 Å². The third-order valence-electron chi connectivity index (χ3n) is 4.61. The van der Waals surface area contributed by atoms with E-state index in [2.05, 4.69) is 5.32 Å². The van der Waals surface area contributed by atoms with E-state index in [-0.39, 0.29) is 23.2 Å². The topological polar surface area (TPSA) is 75.7 Å². The molecule has 3 rings (SSSR count). The van der Waals surface area contributed by atoms with Crippen LogP contribution in [0.4, 0.5) is 10.5 Å². The van der Waals surface area contributed by atoms with E-state index in [1.165, 1.54) is 6.92 Å². The molecule has 0 aromatic heterocycles. The van der Waals surface area contributed by atoms with Crippen LogP contribution in [0.15, 0.2) is 24.3 Å². The lowest BCUT2D eigenvalue weighted by molar-refractivity contribution is -0.120. The van der Waals surface area contributed by atoms with Gasteiger partial charge < -0.3 is 10.1 Å². The maximum absolute atomic E-state index is 12.0. The summed E-state index contributed by atoms with van der Waals surface area (Å²) >= 11 is 0. The molecule has 1 aromatic rings. The second kappa shape index (κ2) is 5.68. The molecule has 6 heteroatoms. The van der Waals surface area contributed by atoms with Gasteiger partial charge in [0, 0.05) is 12.6 Å². The third-order valence-corrected chi connectivity index (χ3v) is 4.61. The van der Waals surface area contributed by atoms with Gasteiger partial charge in [0.25, 0.3) is 0 Å². The number of cyclic esters (lactones) is 1. The van der Waals surface area contributed by atoms with Crippen LogP contribution in [0.2, 0.25) is 0 Å². The molecule has 1 atom stereocenters. The zero-order valence-corrected chi connectivity index (χ0v) is 13.3. The summed E-state index contributed by atoms with van der Waals surface area (Å²) in [6, 6.07) is 7.52. The standard InChI is InChI=1S/C17H20N2O4/c1-11(20)17(7-8-17)13-3-5-14(6-4-13)19-10-15(23-16(19)22)9-18-12(2)21/h3-6,15H,7-10H2,1-2H3,(H,18,21)/t15-/m0/s1. The van der Waals surface area contributed by atoms with Crippen LogP contribution in [0.25, 0.3) is 0 Å². The van der Waals surface area contributed by atoms with Crippen molar-refractivity contribution in [1.29, 1.82) is 0 Å². The molecule has 2 aliphatic rings. The predicted octanol–water partition coefficient (Wildman–Crippen LogP) is 1.77. The molecule has 0 radical (unpaired) electrons. The molecule has 2 fully saturated rings. The summed E-state index contributed by atoms with van der Waals surface area (Å²) in [6.45, 7) is 3.76. The highest BCUT2D eigenvalue weighted by molar-refractivity contribution is 5.92. The van der Waals surface area contributed by atoms with Gasteiger partial charge in [-0.15, -0.1) is 0 Å². The maximum atomic E-state index is 12.0. The largest absolute Gasteiger partial charge is 0.442 e. The minimum absolute atomic E-state index is 0.150. The van der Waals surface area contributed by atoms with Crippen molar-refractivity contribution < 1.29 is 19.1 Å². The Labute approximate surface area is 134 Å². The highest BCUT2D eigenvalue weighted by atomic mass is 16.6. The first-order chi connectivity index (χ1) is 10.9. The fraction of sp³-hybridized carbons (Fsp3) is 0.471. The Morgan fingerprint density at radius 3 is 2.43 bits per heavy atom. The van der Waals surface area contributed by atoms with Gasteiger partial charge in [0.05, 0.1) is 18.5 Å². The van der Waals surface area contributed by atoms with Crippen molar-refractivity contribution >= 4 is 23.5 Å². The lowest BCUT2D eigenvalue weighted by Crippen LogP contribution is -2.33. The molecule has 1 saturated carbocycles. The van der Waals surface area contributed by atoms with Gasteiger partial charge in [-0.3, -0.25) is 14.5 Å². The normalized spacial score (nSPS) is 21.7. The van der Waals surface area contributed by atoms with Crippen LogP contribution in [0.5, 0.6) is 0 Å². The third kappa shape index (κ3) is 2.93. The van der Waals surface area contributed by atoms with Gasteiger partial charge in [0.1, 0.15) is 11.9 Å². The van der Waals surface area contributed by atoms with E-state index >= 15 is 0 Å². The minimum atomic E-state index is -0.416. The van der Waals surface area contributed by atoms with Gasteiger partial charge in [0.2, 0.25) is 5.91 Å². The van der Waals surface area contributed by atoms with Gasteiger partial charge in [-0.05, 0) is 37.5 Å². The minimum Gasteiger partial charge on any atom is -0.442 e. The molecule has 6 nitrogen and oxygen atoms in total. The van der Waals surface area contributed by atoms with Crippen molar-refractivity contribution in [3.05, 3.63) is 29.8 Å². The van der Waals surface area contributed by atoms with Crippen molar-refractivity contribution in [3.63, 3.8) is 0 Å². The highest BCUT2D eigenvalue weighted by Gasteiger charge is 2.48. The molecular weight excluding hydrogens is 296 g/mol. The van der Waals surface area contributed by atoms with E-state index in [0.29, 0.717) is 13.1 Å². The number of anilines is 1. The number of hydrogen-bond acceptors (Lipinski definition) is 4. The summed E-state index contributed by atoms with van der Waals surface area (Å²) in [5.41, 5.74) is 1.44. The number of ether oxygens (including phenoxy) is 1. The molecule has 1 saturated heterocycles. The summed E-state index contributed by atoms with van der Waals surface area (Å²) in [7, 11) is 0. The zero-order chi connectivity index (χ0) is 16.6. The lowest BCUT2D eigenvalue weighted by Gasteiger charge is -2.16. The molecular formula is C17H20N2O4. The molecule has 1 aliphatic carbocycles. The van der Waals surface area contributed by atoms with Crippen molar-refractivity contribution in [1.82, 2.24) is 5.32 Å². The fourth-order valence-electron chi connectivity index (χ4n) is 3.03. The van der Waals surface area contributed by atoms with Crippen molar-refractivity contribution in [2.45, 2.75) is 38.2 Å². The Kier molecular flexibility index (Phi) is 3.83. The number of carbonyl (C=O) groups excluding carboxylic acids is 3. The van der Waals surface area contributed by atoms with Crippen LogP contribution in [0.3, 0.4) is 0 Å². The Morgan fingerprint density at radius 1 is 1.26 bits per heavy atom. The van der Waals surface area contributed by atoms with Gasteiger partial charge in [-0.2, -0.15) is 0 Å². The number of ketones is 1. The molecule has 0 bridgehead atoms. The van der Waals surface area contributed by atoms with Crippen molar-refractivity contribution in [2.75, 3.05) is 18.0 Å². The molecule has 0 unspecified atom stereocenters. The Hall–Kier alpha value is -2.37. The number of rotatable bonds is 5. The average molecular weight is 316 g/mol. The summed E-state index contributed by atoms with van der Waals surface area (Å²) in [5.74, 6) is 0.0454. The Balaban J connectivity index is 1.69. The monoisotopic (exact) mass is 316 g/mol. The second-order valence-electron chi connectivity index (χ2n) is 6.24. The number of benzene rings is 1. The number of hydrogen-bond donors (Lipinski definition) is 1. The summed E-state index contributed by atoms with van der Waals surface area (Å²) < 4.78 is 5.25. The van der Waals surface area contributed by atoms with Gasteiger partial charge in [-0.1, -0.05) is 12.1 Å². The SMILES string of the molecule is CC(=O)NC[C@H]1CN(c2ccc(C3(C(C)=O)CC3)cc2)C(=O)O1. The molecule has 2 amide bonds. The van der Waals surface area contributed by atoms with Crippen molar-refractivity contribution in [2.24, 2.45) is 0 Å². The van der Waals surface area contributed by atoms with Crippen LogP contribution >= 0.6 is 0 Å². The first-order valence-electron chi connectivity index (χ1n) is 7.76. The number of Topliss-reactive ketones (excluding diaryl/α,β-unsaturated/α-hetero) is 1. The smallest absolute Gasteiger partial charge is 0.414 e. The van der Waals surface area contributed by atoms with E-state index in [1.807, 2.05) is 24.3 Å². The van der Waals surface area contributed by atoms with Gasteiger partial charge >= 0.3 is 6.09 Å². The quantitative estimate of drug-likeness (QED) is 0.898. The Bertz CT molecular complexity index is 649. The predicted molar refractivity (Wildman–Crippen MR) is 84.3 cm³/mol. The lowest BCUT2D eigenvalue weighted by atomic mass is 9.92. The van der Waals surface area contributed by atoms with E-state index in [4.69, 9.17) is 4.74 Å². The van der Waals surface area contributed by atoms with Crippen LogP contribution in [0, 0.1) is 0 Å². The van der Waals surface area contributed by atoms with Gasteiger partial charge in [-0.25, -0.2) is 4.79 Å². The maximum Gasteiger partial charge on any atom is 0.414 e. The molecule has 0 spiro atoms. The second-order valence-corrected chi connectivity index (χ2v) is 6.24. The van der Waals surface area contributed by atoms with E-state index in [0.717, 1.165) is 24.1 Å². The van der Waals surface area contributed by atoms with Crippen LogP contribution < -0.4 is 10.2 Å². The molecule has 1 N–H and O–H groups in total. The number of nitrogens with zero attached hydrogens (tertiary/aromatic N) is 1. The summed E-state index contributed by atoms with van der Waals surface area (Å²) in [4.78, 5) is 36.2. The highest BCUT2D eigenvalue weighted by Crippen LogP contribution is 2.49. The first kappa shape index (κ1) is 15.5. The summed E-state index contributed by atoms with van der Waals surface area (Å²) in [5, 5.41) is 2.65. The molecule has 122 valence electrons. The first-order valence-corrected chi connectivity index (χ1v) is 7.76. The average Bonchev–Trinajstić information content (AvgIpc) is 3.24. The number of carbonyl (C=O) groups is 3. The number of nitrogens with one attached hydrogen (secondary N) is 1. The molecule has 1 heterocycles. The van der Waals surface area contributed by atoms with Crippen LogP contribution in [0.1, 0.15) is 32.3 Å². The van der Waals surface area contributed by atoms with Crippen LogP contribution in [-0.4, -0.2) is 37.0 Å². The molecule has 1 aliphatic heterocycles.